The molecule has 0 aromatic heterocycles. The van der Waals surface area contributed by atoms with E-state index in [2.05, 4.69) is 0 Å². The molecule has 4 saturated carbocycles. The lowest BCUT2D eigenvalue weighted by Gasteiger charge is -2.40. The first-order valence-corrected chi connectivity index (χ1v) is 23.7. The molecule has 0 radical (unpaired) electrons. The van der Waals surface area contributed by atoms with Gasteiger partial charge in [-0.05, 0) is 178 Å². The maximum absolute atomic E-state index is 12.1. The summed E-state index contributed by atoms with van der Waals surface area (Å²) >= 11 is 0. The summed E-state index contributed by atoms with van der Waals surface area (Å²) in [6.45, 7) is -24.1. The molecule has 4 aliphatic rings. The van der Waals surface area contributed by atoms with Crippen molar-refractivity contribution in [2.75, 3.05) is 111 Å². The zero-order chi connectivity index (χ0) is 115. The molecule has 448 valence electrons. The van der Waals surface area contributed by atoms with Crippen molar-refractivity contribution in [2.45, 2.75) is 174 Å². The van der Waals surface area contributed by atoms with Crippen LogP contribution in [0.1, 0.15) is 261 Å². The van der Waals surface area contributed by atoms with Crippen molar-refractivity contribution >= 4 is 0 Å². The van der Waals surface area contributed by atoms with Crippen LogP contribution in [0.4, 0.5) is 0 Å². The Hall–Kier alpha value is -4.24. The molecule has 4 aromatic rings. The number of rotatable bonds is 20. The lowest BCUT2D eigenvalue weighted by Crippen LogP contribution is -2.42. The molecule has 4 fully saturated rings. The Balaban J connectivity index is 0.000000344. The van der Waals surface area contributed by atoms with E-state index in [1.165, 1.54) is 7.11 Å². The summed E-state index contributed by atoms with van der Waals surface area (Å²) in [6, 6.07) is -16.3. The predicted octanol–water partition coefficient (Wildman–Crippen LogP) is 12.1. The molecule has 8 rings (SSSR count). The monoisotopic (exact) mass is 1170 g/mol. The van der Waals surface area contributed by atoms with Crippen LogP contribution in [0, 0.1) is 0 Å². The first-order chi connectivity index (χ1) is 63.3. The van der Waals surface area contributed by atoms with E-state index in [-0.39, 0.29) is 34.8 Å². The smallest absolute Gasteiger partial charge is 0.118 e. The van der Waals surface area contributed by atoms with Crippen LogP contribution in [0.15, 0.2) is 96.7 Å². The molecule has 4 aliphatic carbocycles. The molecule has 12 heteroatoms. The van der Waals surface area contributed by atoms with Crippen molar-refractivity contribution in [3.8, 4) is 23.0 Å². The number of benzene rings is 4. The zero-order valence-electron chi connectivity index (χ0n) is 109. The fourth-order valence-electron chi connectivity index (χ4n) is 7.33. The number of ether oxygens (including phenoxy) is 4. The normalized spacial score (nSPS) is 43.2. The van der Waals surface area contributed by atoms with Crippen LogP contribution in [0.5, 0.6) is 23.0 Å². The SMILES string of the molecule is [2H]c1c([2H])c(C(CN(C)C)C2(O)CCCCC2)c([2H])c([2H])c1OC.[2H]c1c([2H])c(C([2H])(C([2H])([2H])N(C([2H])([2H])[2H])C([2H])([2H])[2H])C2(O)C([2H])([2H])C([2H])([2H])C([2H])([2H])C([2H])([2H])C2([2H])[2H])c([2H])c([2H])c1OC.[2H]c1c([2H])c(C([2H])(C([2H])([2H])N(C)C([2H])([2H])[2H])C2(O)C([2H])([2H])C([2H])([2H])C([2H])([2H])C([2H])([2H])C2([2H])[2H])c([2H])c([2H])c1OC.[2H]c1c([2H])c(C([2H])(C([2H])([2H])N(C)C)C2(O)C([2H])([2H])C([2H])([2H])C([2H])([2H])C([2H])([2H])C2([2H])[2H])c([2H])c([2H])c1OC. The van der Waals surface area contributed by atoms with Crippen molar-refractivity contribution in [3.05, 3.63) is 119 Å². The molecule has 4 unspecified atom stereocenters. The van der Waals surface area contributed by atoms with E-state index >= 15 is 0 Å². The number of hydrogen-bond donors (Lipinski definition) is 4. The van der Waals surface area contributed by atoms with Crippen LogP contribution in [-0.4, -0.2) is 173 Å². The average Bonchev–Trinajstić information content (AvgIpc) is 0.647. The first kappa shape index (κ1) is 20.5. The van der Waals surface area contributed by atoms with E-state index in [0.29, 0.717) is 36.9 Å². The Morgan fingerprint density at radius 3 is 0.988 bits per heavy atom. The van der Waals surface area contributed by atoms with Gasteiger partial charge in [-0.25, -0.2) is 0 Å². The Bertz CT molecular complexity index is 5250. The number of hydrogen-bond acceptors (Lipinski definition) is 12. The van der Waals surface area contributed by atoms with Gasteiger partial charge in [0, 0.05) is 115 Å². The Morgan fingerprint density at radius 2 is 0.713 bits per heavy atom. The van der Waals surface area contributed by atoms with Crippen LogP contribution in [0.2, 0.25) is 0 Å². The molecule has 0 bridgehead atoms. The average molecular weight is 1170 g/mol. The Labute approximate surface area is 574 Å². The number of likely N-dealkylation sites (N-methyl/N-ethyl adjacent to an activating group) is 4. The largest absolute Gasteiger partial charge is 0.497 e. The molecule has 12 nitrogen and oxygen atoms in total. The lowest BCUT2D eigenvalue weighted by molar-refractivity contribution is -0.0280. The minimum atomic E-state index is -5.11. The molecular weight excluding hydrogens is 1000 g/mol. The van der Waals surface area contributed by atoms with Crippen LogP contribution < -0.4 is 18.9 Å². The van der Waals surface area contributed by atoms with Gasteiger partial charge in [-0.3, -0.25) is 0 Å². The standard InChI is InChI=1S/4C17H27NO2/c4*1-18(2)13-16(17(19)11-5-4-6-12-17)14-7-9-15(20-3)10-8-14/h4*7-10,16,19H,4-6,11-13H2,1-3H3/i1D3,2D3,4D2,5D2,6D2,7D,8D,9D,10D,11D2,12D2,13D2,16D;1D3,4D2,5D2,6D2,7D,8D,9D,10D,11D2,12D2,13D2,16D;4D2,5D2,6D2,7D,8D,9D,10D,11D2,12D2,13D2,16D;7D,8D,9D,10D. The first-order valence-electron chi connectivity index (χ1n) is 55.7. The van der Waals surface area contributed by atoms with E-state index < -0.39 is 293 Å². The maximum Gasteiger partial charge on any atom is 0.118 e. The van der Waals surface area contributed by atoms with Gasteiger partial charge < -0.3 is 59.0 Å². The van der Waals surface area contributed by atoms with Crippen molar-refractivity contribution in [1.82, 2.24) is 19.6 Å². The Morgan fingerprint density at radius 1 is 0.425 bits per heavy atom. The quantitative estimate of drug-likeness (QED) is 0.0672. The fraction of sp³-hybridized carbons (Fsp3) is 0.647. The second-order valence-electron chi connectivity index (χ2n) is 17.4. The molecule has 0 heterocycles. The second-order valence-corrected chi connectivity index (χ2v) is 17.4. The lowest BCUT2D eigenvalue weighted by atomic mass is 9.72. The van der Waals surface area contributed by atoms with E-state index in [9.17, 15) is 24.5 Å². The number of aliphatic hydroxyl groups is 4. The summed E-state index contributed by atoms with van der Waals surface area (Å²) in [5.41, 5.74) is -20.2. The number of methoxy groups -OCH3 is 4. The molecule has 0 saturated heterocycles. The molecule has 4 aromatic carbocycles. The van der Waals surface area contributed by atoms with Crippen LogP contribution >= 0.6 is 0 Å². The third-order valence-electron chi connectivity index (χ3n) is 11.0. The highest BCUT2D eigenvalue weighted by atomic mass is 16.5. The molecule has 4 N–H and O–H groups in total. The van der Waals surface area contributed by atoms with Crippen LogP contribution in [-0.2, 0) is 0 Å². The highest BCUT2D eigenvalue weighted by Crippen LogP contribution is 2.44. The van der Waals surface area contributed by atoms with Crippen molar-refractivity contribution in [2.24, 2.45) is 0 Å². The highest BCUT2D eigenvalue weighted by molar-refractivity contribution is 5.35. The second kappa shape index (κ2) is 32.6. The van der Waals surface area contributed by atoms with Gasteiger partial charge in [0.15, 0.2) is 0 Å². The highest BCUT2D eigenvalue weighted by Gasteiger charge is 2.42. The fourth-order valence-corrected chi connectivity index (χ4v) is 7.33. The van der Waals surface area contributed by atoms with Gasteiger partial charge in [-0.1, -0.05) is 125 Å². The molecular formula is C68H108N4O8. The summed E-state index contributed by atoms with van der Waals surface area (Å²) in [4.78, 5) is 1.01. The summed E-state index contributed by atoms with van der Waals surface area (Å²) in [6.07, 6.45) is -61.2. The van der Waals surface area contributed by atoms with Gasteiger partial charge in [0.05, 0.1) is 72.8 Å². The summed E-state index contributed by atoms with van der Waals surface area (Å²) in [5.74, 6) is -16.4. The van der Waals surface area contributed by atoms with Gasteiger partial charge in [0.2, 0.25) is 0 Å². The van der Waals surface area contributed by atoms with Crippen LogP contribution in [0.3, 0.4) is 0 Å². The van der Waals surface area contributed by atoms with Gasteiger partial charge in [-0.2, -0.15) is 0 Å². The van der Waals surface area contributed by atoms with Crippen molar-refractivity contribution in [1.29, 1.82) is 0 Å². The van der Waals surface area contributed by atoms with Gasteiger partial charge in [0.25, 0.3) is 0 Å². The molecule has 0 amide bonds. The minimum absolute atomic E-state index is 0.0482. The summed E-state index contributed by atoms with van der Waals surface area (Å²) in [5, 5.41) is 47.4. The third kappa shape index (κ3) is 20.0. The maximum atomic E-state index is 12.1. The van der Waals surface area contributed by atoms with Gasteiger partial charge in [0.1, 0.15) is 23.0 Å². The van der Waals surface area contributed by atoms with E-state index in [4.69, 9.17) is 103 Å². The summed E-state index contributed by atoms with van der Waals surface area (Å²) in [7, 11) is 10.2. The number of nitrogens with zero attached hydrogens (tertiary/aromatic N) is 4. The van der Waals surface area contributed by atoms with E-state index in [1.54, 1.807) is 0 Å². The van der Waals surface area contributed by atoms with Crippen molar-refractivity contribution < 1.29 is 127 Å². The predicted molar refractivity (Wildman–Crippen MR) is 329 cm³/mol. The molecule has 0 spiro atoms. The zero-order valence-corrected chi connectivity index (χ0v) is 45.0. The van der Waals surface area contributed by atoms with E-state index in [0.717, 1.165) is 54.7 Å². The molecule has 0 aliphatic heterocycles. The molecule has 4 atom stereocenters. The topological polar surface area (TPSA) is 131 Å². The van der Waals surface area contributed by atoms with E-state index in [1.807, 2.05) is 19.0 Å². The van der Waals surface area contributed by atoms with Crippen molar-refractivity contribution in [3.63, 3.8) is 0 Å². The van der Waals surface area contributed by atoms with Gasteiger partial charge >= 0.3 is 0 Å². The molecule has 80 heavy (non-hydrogen) atoms. The van der Waals surface area contributed by atoms with Gasteiger partial charge in [-0.15, -0.1) is 0 Å². The minimum Gasteiger partial charge on any atom is -0.497 e. The summed E-state index contributed by atoms with van der Waals surface area (Å²) < 4.78 is 549. The van der Waals surface area contributed by atoms with Crippen LogP contribution in [0.25, 0.3) is 0 Å². The Kier molecular flexibility index (Phi) is 8.34. The third-order valence-corrected chi connectivity index (χ3v) is 11.0.